The van der Waals surface area contributed by atoms with Crippen LogP contribution in [0.5, 0.6) is 5.75 Å². The van der Waals surface area contributed by atoms with Gasteiger partial charge in [0.15, 0.2) is 0 Å². The van der Waals surface area contributed by atoms with E-state index in [0.29, 0.717) is 6.61 Å². The van der Waals surface area contributed by atoms with Gasteiger partial charge in [-0.05, 0) is 19.1 Å². The van der Waals surface area contributed by atoms with Crippen LogP contribution in [0.4, 0.5) is 4.39 Å². The largest absolute Gasteiger partial charge is 0.491 e. The van der Waals surface area contributed by atoms with Crippen LogP contribution in [0, 0.1) is 17.1 Å². The summed E-state index contributed by atoms with van der Waals surface area (Å²) in [4.78, 5) is 11.0. The number of hydrogen-bond donors (Lipinski definition) is 0. The third-order valence-corrected chi connectivity index (χ3v) is 1.96. The lowest BCUT2D eigenvalue weighted by molar-refractivity contribution is -0.143. The Hall–Kier alpha value is -2.09. The van der Waals surface area contributed by atoms with E-state index in [1.807, 2.05) is 0 Å². The summed E-state index contributed by atoms with van der Waals surface area (Å²) in [6, 6.07) is 5.81. The van der Waals surface area contributed by atoms with Crippen LogP contribution in [0.1, 0.15) is 18.9 Å². The fraction of sp³-hybridized carbons (Fsp3) is 0.333. The zero-order chi connectivity index (χ0) is 12.7. The van der Waals surface area contributed by atoms with Crippen molar-refractivity contribution in [1.82, 2.24) is 0 Å². The van der Waals surface area contributed by atoms with Crippen molar-refractivity contribution in [1.29, 1.82) is 5.26 Å². The average Bonchev–Trinajstić information content (AvgIpc) is 2.29. The Balaban J connectivity index is 2.56. The van der Waals surface area contributed by atoms with Gasteiger partial charge in [-0.2, -0.15) is 5.26 Å². The average molecular weight is 237 g/mol. The second-order valence-corrected chi connectivity index (χ2v) is 3.13. The third-order valence-electron chi connectivity index (χ3n) is 1.96. The van der Waals surface area contributed by atoms with Crippen molar-refractivity contribution in [3.8, 4) is 11.8 Å². The van der Waals surface area contributed by atoms with Gasteiger partial charge in [0, 0.05) is 0 Å². The summed E-state index contributed by atoms with van der Waals surface area (Å²) in [5.41, 5.74) is -0.156. The first-order valence-electron chi connectivity index (χ1n) is 5.16. The Morgan fingerprint density at radius 2 is 2.29 bits per heavy atom. The second-order valence-electron chi connectivity index (χ2n) is 3.13. The molecule has 1 rings (SSSR count). The molecule has 0 amide bonds. The number of nitrogens with zero attached hydrogens (tertiary/aromatic N) is 1. The van der Waals surface area contributed by atoms with Gasteiger partial charge in [-0.3, -0.25) is 4.79 Å². The predicted octanol–water partition coefficient (Wildman–Crippen LogP) is 2.03. The molecule has 0 radical (unpaired) electrons. The molecule has 0 bridgehead atoms. The first-order chi connectivity index (χ1) is 8.19. The zero-order valence-electron chi connectivity index (χ0n) is 9.40. The Kier molecular flexibility index (Phi) is 4.95. The van der Waals surface area contributed by atoms with E-state index in [4.69, 9.17) is 14.7 Å². The molecule has 0 unspecified atom stereocenters. The van der Waals surface area contributed by atoms with Gasteiger partial charge in [0.05, 0.1) is 19.6 Å². The summed E-state index contributed by atoms with van der Waals surface area (Å²) in [5.74, 6) is -0.889. The lowest BCUT2D eigenvalue weighted by atomic mass is 10.2. The fourth-order valence-electron chi connectivity index (χ4n) is 1.21. The van der Waals surface area contributed by atoms with E-state index in [0.717, 1.165) is 0 Å². The van der Waals surface area contributed by atoms with Gasteiger partial charge in [-0.25, -0.2) is 4.39 Å². The highest BCUT2D eigenvalue weighted by Crippen LogP contribution is 2.20. The number of carbonyl (C=O) groups is 1. The third kappa shape index (κ3) is 3.76. The van der Waals surface area contributed by atoms with Gasteiger partial charge < -0.3 is 9.47 Å². The summed E-state index contributed by atoms with van der Waals surface area (Å²) < 4.78 is 23.0. The van der Waals surface area contributed by atoms with E-state index in [1.54, 1.807) is 13.0 Å². The van der Waals surface area contributed by atoms with Gasteiger partial charge in [0.25, 0.3) is 0 Å². The highest BCUT2D eigenvalue weighted by Gasteiger charge is 2.09. The summed E-state index contributed by atoms with van der Waals surface area (Å²) in [6.07, 6.45) is 0.0647. The van der Waals surface area contributed by atoms with Crippen LogP contribution in [0.3, 0.4) is 0 Å². The van der Waals surface area contributed by atoms with Crippen molar-refractivity contribution in [2.24, 2.45) is 0 Å². The summed E-state index contributed by atoms with van der Waals surface area (Å²) in [5, 5.41) is 8.73. The van der Waals surface area contributed by atoms with E-state index >= 15 is 0 Å². The Labute approximate surface area is 98.6 Å². The van der Waals surface area contributed by atoms with Crippen molar-refractivity contribution in [2.45, 2.75) is 13.3 Å². The maximum Gasteiger partial charge on any atom is 0.309 e. The fourth-order valence-corrected chi connectivity index (χ4v) is 1.21. The number of esters is 1. The van der Waals surface area contributed by atoms with Crippen LogP contribution in [0.15, 0.2) is 18.2 Å². The van der Waals surface area contributed by atoms with E-state index in [9.17, 15) is 9.18 Å². The number of rotatable bonds is 5. The van der Waals surface area contributed by atoms with E-state index in [1.165, 1.54) is 18.2 Å². The molecule has 17 heavy (non-hydrogen) atoms. The SMILES string of the molecule is CCOC(=O)CCOc1cccc(F)c1C#N. The molecule has 0 spiro atoms. The lowest BCUT2D eigenvalue weighted by Gasteiger charge is -2.07. The van der Waals surface area contributed by atoms with Crippen molar-refractivity contribution in [2.75, 3.05) is 13.2 Å². The number of hydrogen-bond acceptors (Lipinski definition) is 4. The monoisotopic (exact) mass is 237 g/mol. The molecular formula is C12H12FNO3. The molecule has 0 aromatic heterocycles. The second kappa shape index (κ2) is 6.48. The number of benzene rings is 1. The van der Waals surface area contributed by atoms with Gasteiger partial charge in [-0.1, -0.05) is 6.07 Å². The molecule has 0 N–H and O–H groups in total. The summed E-state index contributed by atoms with van der Waals surface area (Å²) >= 11 is 0. The first kappa shape index (κ1) is 13.0. The minimum atomic E-state index is -0.638. The van der Waals surface area contributed by atoms with Crippen LogP contribution in [0.25, 0.3) is 0 Å². The number of halogens is 1. The molecule has 0 saturated carbocycles. The lowest BCUT2D eigenvalue weighted by Crippen LogP contribution is -2.10. The molecule has 0 aliphatic rings. The highest BCUT2D eigenvalue weighted by atomic mass is 19.1. The molecule has 4 nitrogen and oxygen atoms in total. The normalized spacial score (nSPS) is 9.47. The van der Waals surface area contributed by atoms with Gasteiger partial charge in [0.2, 0.25) is 0 Å². The minimum absolute atomic E-state index is 0.0525. The number of nitriles is 1. The molecule has 90 valence electrons. The molecule has 0 fully saturated rings. The van der Waals surface area contributed by atoms with Crippen molar-refractivity contribution >= 4 is 5.97 Å². The van der Waals surface area contributed by atoms with E-state index in [-0.39, 0.29) is 30.3 Å². The summed E-state index contributed by atoms with van der Waals surface area (Å²) in [7, 11) is 0. The number of ether oxygens (including phenoxy) is 2. The maximum atomic E-state index is 13.2. The predicted molar refractivity (Wildman–Crippen MR) is 57.9 cm³/mol. The van der Waals surface area contributed by atoms with Crippen molar-refractivity contribution in [3.05, 3.63) is 29.6 Å². The van der Waals surface area contributed by atoms with Gasteiger partial charge in [0.1, 0.15) is 23.2 Å². The van der Waals surface area contributed by atoms with Crippen LogP contribution in [-0.2, 0) is 9.53 Å². The molecule has 0 atom stereocenters. The number of carbonyl (C=O) groups excluding carboxylic acids is 1. The van der Waals surface area contributed by atoms with E-state index in [2.05, 4.69) is 0 Å². The zero-order valence-corrected chi connectivity index (χ0v) is 9.40. The smallest absolute Gasteiger partial charge is 0.309 e. The standard InChI is InChI=1S/C12H12FNO3/c1-2-16-12(15)6-7-17-11-5-3-4-10(13)9(11)8-14/h3-5H,2,6-7H2,1H3. The van der Waals surface area contributed by atoms with Crippen LogP contribution in [0.2, 0.25) is 0 Å². The van der Waals surface area contributed by atoms with Gasteiger partial charge >= 0.3 is 5.97 Å². The Morgan fingerprint density at radius 3 is 2.94 bits per heavy atom. The molecular weight excluding hydrogens is 225 g/mol. The van der Waals surface area contributed by atoms with Crippen LogP contribution >= 0.6 is 0 Å². The maximum absolute atomic E-state index is 13.2. The van der Waals surface area contributed by atoms with E-state index < -0.39 is 5.82 Å². The van der Waals surface area contributed by atoms with Crippen LogP contribution in [-0.4, -0.2) is 19.2 Å². The molecule has 0 aliphatic carbocycles. The molecule has 1 aromatic rings. The van der Waals surface area contributed by atoms with Crippen LogP contribution < -0.4 is 4.74 Å². The first-order valence-corrected chi connectivity index (χ1v) is 5.16. The molecule has 0 heterocycles. The quantitative estimate of drug-likeness (QED) is 0.735. The van der Waals surface area contributed by atoms with Crippen molar-refractivity contribution in [3.63, 3.8) is 0 Å². The summed E-state index contributed by atoms with van der Waals surface area (Å²) in [6.45, 7) is 2.07. The molecule has 0 aliphatic heterocycles. The highest BCUT2D eigenvalue weighted by molar-refractivity contribution is 5.69. The molecule has 5 heteroatoms. The van der Waals surface area contributed by atoms with Gasteiger partial charge in [-0.15, -0.1) is 0 Å². The topological polar surface area (TPSA) is 59.3 Å². The Bertz CT molecular complexity index is 440. The van der Waals surface area contributed by atoms with Crippen molar-refractivity contribution < 1.29 is 18.7 Å². The molecule has 0 saturated heterocycles. The minimum Gasteiger partial charge on any atom is -0.491 e. The molecule has 1 aromatic carbocycles. The Morgan fingerprint density at radius 1 is 1.53 bits per heavy atom.